The van der Waals surface area contributed by atoms with Crippen LogP contribution in [0.25, 0.3) is 22.5 Å². The Bertz CT molecular complexity index is 931. The molecule has 0 fully saturated rings. The van der Waals surface area contributed by atoms with E-state index in [-0.39, 0.29) is 11.8 Å². The molecule has 2 aromatic carbocycles. The maximum Gasteiger partial charge on any atom is 0.165 e. The van der Waals surface area contributed by atoms with Crippen molar-refractivity contribution in [2.45, 2.75) is 26.3 Å². The van der Waals surface area contributed by atoms with Gasteiger partial charge in [-0.25, -0.2) is 9.97 Å². The van der Waals surface area contributed by atoms with Crippen LogP contribution in [0.1, 0.15) is 19.0 Å². The van der Waals surface area contributed by atoms with Crippen LogP contribution >= 0.6 is 11.6 Å². The summed E-state index contributed by atoms with van der Waals surface area (Å²) in [5, 5.41) is 14.1. The molecule has 0 radical (unpaired) electrons. The summed E-state index contributed by atoms with van der Waals surface area (Å²) in [6.45, 7) is 4.57. The topological polar surface area (TPSA) is 84.1 Å². The average Bonchev–Trinajstić information content (AvgIpc) is 2.68. The summed E-state index contributed by atoms with van der Waals surface area (Å²) in [5.74, 6) is 1.19. The molecular formula is C21H23ClN4O. The molecule has 3 aromatic rings. The third-order valence-electron chi connectivity index (χ3n) is 4.41. The molecule has 0 aliphatic rings. The molecule has 0 saturated carbocycles. The Morgan fingerprint density at radius 2 is 1.89 bits per heavy atom. The number of phenolic OH excluding ortho intramolecular Hbond substituents is 1. The molecule has 1 heterocycles. The Labute approximate surface area is 164 Å². The quantitative estimate of drug-likeness (QED) is 0.579. The number of hydrogen-bond donors (Lipinski definition) is 3. The SMILES string of the molecule is CCC(N)CNc1nc(-c2cc(Cl)ccc2O)nc(C)c1-c1ccccc1. The Hall–Kier alpha value is -2.63. The van der Waals surface area contributed by atoms with Crippen LogP contribution in [-0.4, -0.2) is 27.7 Å². The first-order chi connectivity index (χ1) is 13.0. The molecule has 140 valence electrons. The van der Waals surface area contributed by atoms with Crippen molar-refractivity contribution in [1.82, 2.24) is 9.97 Å². The van der Waals surface area contributed by atoms with E-state index in [1.165, 1.54) is 0 Å². The van der Waals surface area contributed by atoms with Crippen molar-refractivity contribution in [3.8, 4) is 28.3 Å². The number of hydrogen-bond acceptors (Lipinski definition) is 5. The second kappa shape index (κ2) is 8.37. The number of halogens is 1. The first-order valence-electron chi connectivity index (χ1n) is 8.92. The summed E-state index contributed by atoms with van der Waals surface area (Å²) in [6.07, 6.45) is 0.861. The number of aryl methyl sites for hydroxylation is 1. The molecular weight excluding hydrogens is 360 g/mol. The first-order valence-corrected chi connectivity index (χ1v) is 9.29. The number of nitrogens with one attached hydrogen (secondary N) is 1. The Kier molecular flexibility index (Phi) is 5.94. The second-order valence-electron chi connectivity index (χ2n) is 6.43. The number of rotatable bonds is 6. The Morgan fingerprint density at radius 3 is 2.59 bits per heavy atom. The van der Waals surface area contributed by atoms with E-state index in [1.54, 1.807) is 18.2 Å². The van der Waals surface area contributed by atoms with E-state index in [4.69, 9.17) is 22.3 Å². The van der Waals surface area contributed by atoms with E-state index in [2.05, 4.69) is 10.3 Å². The fraction of sp³-hybridized carbons (Fsp3) is 0.238. The van der Waals surface area contributed by atoms with Crippen LogP contribution in [0.3, 0.4) is 0 Å². The van der Waals surface area contributed by atoms with Crippen molar-refractivity contribution in [2.24, 2.45) is 5.73 Å². The number of phenols is 1. The molecule has 0 aliphatic carbocycles. The molecule has 1 unspecified atom stereocenters. The summed E-state index contributed by atoms with van der Waals surface area (Å²) in [7, 11) is 0. The Morgan fingerprint density at radius 1 is 1.15 bits per heavy atom. The van der Waals surface area contributed by atoms with Crippen LogP contribution in [0, 0.1) is 6.92 Å². The van der Waals surface area contributed by atoms with E-state index in [1.807, 2.05) is 44.2 Å². The number of nitrogens with zero attached hydrogens (tertiary/aromatic N) is 2. The van der Waals surface area contributed by atoms with Gasteiger partial charge >= 0.3 is 0 Å². The highest BCUT2D eigenvalue weighted by Gasteiger charge is 2.17. The minimum Gasteiger partial charge on any atom is -0.507 e. The lowest BCUT2D eigenvalue weighted by molar-refractivity contribution is 0.477. The van der Waals surface area contributed by atoms with Gasteiger partial charge in [-0.05, 0) is 37.1 Å². The summed E-state index contributed by atoms with van der Waals surface area (Å²) in [5.41, 5.74) is 9.31. The highest BCUT2D eigenvalue weighted by molar-refractivity contribution is 6.30. The van der Waals surface area contributed by atoms with Crippen LogP contribution in [-0.2, 0) is 0 Å². The maximum absolute atomic E-state index is 10.2. The van der Waals surface area contributed by atoms with Gasteiger partial charge in [0.15, 0.2) is 5.82 Å². The van der Waals surface area contributed by atoms with Gasteiger partial charge in [-0.1, -0.05) is 48.9 Å². The first kappa shape index (κ1) is 19.1. The smallest absolute Gasteiger partial charge is 0.165 e. The van der Waals surface area contributed by atoms with Gasteiger partial charge in [-0.3, -0.25) is 0 Å². The number of nitrogens with two attached hydrogens (primary N) is 1. The number of anilines is 1. The highest BCUT2D eigenvalue weighted by atomic mass is 35.5. The van der Waals surface area contributed by atoms with E-state index in [0.29, 0.717) is 28.8 Å². The molecule has 0 saturated heterocycles. The molecule has 6 heteroatoms. The van der Waals surface area contributed by atoms with E-state index in [9.17, 15) is 5.11 Å². The lowest BCUT2D eigenvalue weighted by atomic mass is 10.0. The van der Waals surface area contributed by atoms with Crippen molar-refractivity contribution < 1.29 is 5.11 Å². The minimum atomic E-state index is 0.0203. The molecule has 0 amide bonds. The van der Waals surface area contributed by atoms with Crippen LogP contribution in [0.15, 0.2) is 48.5 Å². The molecule has 4 N–H and O–H groups in total. The van der Waals surface area contributed by atoms with Gasteiger partial charge in [-0.15, -0.1) is 0 Å². The summed E-state index contributed by atoms with van der Waals surface area (Å²) >= 11 is 6.10. The highest BCUT2D eigenvalue weighted by Crippen LogP contribution is 2.34. The van der Waals surface area contributed by atoms with Gasteiger partial charge in [0, 0.05) is 23.2 Å². The molecule has 0 spiro atoms. The van der Waals surface area contributed by atoms with Gasteiger partial charge in [-0.2, -0.15) is 0 Å². The largest absolute Gasteiger partial charge is 0.507 e. The third-order valence-corrected chi connectivity index (χ3v) is 4.64. The summed E-state index contributed by atoms with van der Waals surface area (Å²) in [6, 6.07) is 14.8. The lowest BCUT2D eigenvalue weighted by Gasteiger charge is -2.17. The van der Waals surface area contributed by atoms with Gasteiger partial charge in [0.05, 0.1) is 11.3 Å². The standard InChI is InChI=1S/C21H23ClN4O/c1-3-16(23)12-24-21-19(14-7-5-4-6-8-14)13(2)25-20(26-21)17-11-15(22)9-10-18(17)27/h4-11,16,27H,3,12,23H2,1-2H3,(H,24,25,26). The van der Waals surface area contributed by atoms with E-state index < -0.39 is 0 Å². The number of aromatic hydroxyl groups is 1. The van der Waals surface area contributed by atoms with Gasteiger partial charge in [0.1, 0.15) is 11.6 Å². The molecule has 1 aromatic heterocycles. The normalized spacial score (nSPS) is 12.0. The van der Waals surface area contributed by atoms with Crippen molar-refractivity contribution >= 4 is 17.4 Å². The van der Waals surface area contributed by atoms with Crippen molar-refractivity contribution in [3.63, 3.8) is 0 Å². The van der Waals surface area contributed by atoms with Gasteiger partial charge < -0.3 is 16.2 Å². The van der Waals surface area contributed by atoms with Crippen LogP contribution in [0.5, 0.6) is 5.75 Å². The molecule has 1 atom stereocenters. The minimum absolute atomic E-state index is 0.0203. The second-order valence-corrected chi connectivity index (χ2v) is 6.87. The maximum atomic E-state index is 10.2. The van der Waals surface area contributed by atoms with Gasteiger partial charge in [0.25, 0.3) is 0 Å². The fourth-order valence-corrected chi connectivity index (χ4v) is 3.00. The molecule has 0 aliphatic heterocycles. The van der Waals surface area contributed by atoms with Crippen LogP contribution < -0.4 is 11.1 Å². The summed E-state index contributed by atoms with van der Waals surface area (Å²) in [4.78, 5) is 9.32. The van der Waals surface area contributed by atoms with E-state index in [0.717, 1.165) is 23.2 Å². The van der Waals surface area contributed by atoms with E-state index >= 15 is 0 Å². The third kappa shape index (κ3) is 4.38. The van der Waals surface area contributed by atoms with Crippen molar-refractivity contribution in [3.05, 3.63) is 59.2 Å². The van der Waals surface area contributed by atoms with Crippen LogP contribution in [0.2, 0.25) is 5.02 Å². The monoisotopic (exact) mass is 382 g/mol. The molecule has 3 rings (SSSR count). The zero-order valence-electron chi connectivity index (χ0n) is 15.4. The number of aromatic nitrogens is 2. The fourth-order valence-electron chi connectivity index (χ4n) is 2.83. The molecule has 0 bridgehead atoms. The predicted molar refractivity (Wildman–Crippen MR) is 111 cm³/mol. The lowest BCUT2D eigenvalue weighted by Crippen LogP contribution is -2.28. The number of benzene rings is 2. The van der Waals surface area contributed by atoms with Gasteiger partial charge in [0.2, 0.25) is 0 Å². The zero-order valence-corrected chi connectivity index (χ0v) is 16.2. The van der Waals surface area contributed by atoms with Crippen molar-refractivity contribution in [2.75, 3.05) is 11.9 Å². The summed E-state index contributed by atoms with van der Waals surface area (Å²) < 4.78 is 0. The Balaban J connectivity index is 2.13. The molecule has 5 nitrogen and oxygen atoms in total. The molecule has 27 heavy (non-hydrogen) atoms. The predicted octanol–water partition coefficient (Wildman–Crippen LogP) is 4.63. The average molecular weight is 383 g/mol. The van der Waals surface area contributed by atoms with Crippen molar-refractivity contribution in [1.29, 1.82) is 0 Å². The van der Waals surface area contributed by atoms with Crippen LogP contribution in [0.4, 0.5) is 5.82 Å². The zero-order chi connectivity index (χ0) is 19.4.